The van der Waals surface area contributed by atoms with Crippen LogP contribution in [0.15, 0.2) is 34.0 Å². The summed E-state index contributed by atoms with van der Waals surface area (Å²) >= 11 is 6.76. The summed E-state index contributed by atoms with van der Waals surface area (Å²) in [4.78, 5) is 32.7. The van der Waals surface area contributed by atoms with Gasteiger partial charge in [-0.3, -0.25) is 24.0 Å². The highest BCUT2D eigenvalue weighted by molar-refractivity contribution is 8.26. The molecule has 0 saturated carbocycles. The number of pyridine rings is 1. The molecule has 2 aliphatic rings. The average molecular weight is 540 g/mol. The lowest BCUT2D eigenvalue weighted by Gasteiger charge is -2.37. The number of hydrogen-bond acceptors (Lipinski definition) is 9. The first kappa shape index (κ1) is 26.9. The summed E-state index contributed by atoms with van der Waals surface area (Å²) in [6.07, 6.45) is 1.76. The molecule has 2 aliphatic heterocycles. The van der Waals surface area contributed by atoms with Crippen LogP contribution in [0.5, 0.6) is 5.75 Å². The molecule has 11 heteroatoms. The van der Waals surface area contributed by atoms with Gasteiger partial charge in [-0.2, -0.15) is 5.26 Å². The number of piperazine rings is 1. The number of aliphatic hydroxyl groups is 1. The maximum Gasteiger partial charge on any atom is 0.270 e. The zero-order valence-electron chi connectivity index (χ0n) is 21.1. The summed E-state index contributed by atoms with van der Waals surface area (Å²) < 4.78 is 7.16. The molecule has 2 saturated heterocycles. The number of nitriles is 1. The Balaban J connectivity index is 1.70. The van der Waals surface area contributed by atoms with Crippen molar-refractivity contribution in [1.82, 2.24) is 14.4 Å². The zero-order chi connectivity index (χ0) is 26.7. The summed E-state index contributed by atoms with van der Waals surface area (Å²) in [5, 5.41) is 19.0. The fourth-order valence-corrected chi connectivity index (χ4v) is 5.84. The molecule has 9 nitrogen and oxygen atoms in total. The van der Waals surface area contributed by atoms with Gasteiger partial charge in [0, 0.05) is 45.3 Å². The van der Waals surface area contributed by atoms with E-state index in [1.807, 2.05) is 30.3 Å². The summed E-state index contributed by atoms with van der Waals surface area (Å²) in [7, 11) is 3.26. The van der Waals surface area contributed by atoms with E-state index in [-0.39, 0.29) is 23.6 Å². The number of aromatic nitrogens is 1. The van der Waals surface area contributed by atoms with Gasteiger partial charge >= 0.3 is 0 Å². The van der Waals surface area contributed by atoms with Gasteiger partial charge in [-0.05, 0) is 36.3 Å². The maximum absolute atomic E-state index is 13.4. The van der Waals surface area contributed by atoms with Gasteiger partial charge in [0.15, 0.2) is 0 Å². The van der Waals surface area contributed by atoms with Crippen molar-refractivity contribution in [3.05, 3.63) is 61.8 Å². The Morgan fingerprint density at radius 2 is 1.86 bits per heavy atom. The van der Waals surface area contributed by atoms with Crippen molar-refractivity contribution in [2.45, 2.75) is 13.5 Å². The van der Waals surface area contributed by atoms with E-state index < -0.39 is 0 Å². The molecule has 0 radical (unpaired) electrons. The number of carbonyl (C=O) groups excluding carboxylic acids is 1. The second-order valence-corrected chi connectivity index (χ2v) is 10.6. The number of hydrogen-bond donors (Lipinski definition) is 1. The third-order valence-electron chi connectivity index (χ3n) is 6.70. The third-order valence-corrected chi connectivity index (χ3v) is 8.08. The van der Waals surface area contributed by atoms with Crippen molar-refractivity contribution in [3.8, 4) is 11.8 Å². The van der Waals surface area contributed by atoms with Crippen LogP contribution in [0.1, 0.15) is 22.3 Å². The molecule has 37 heavy (non-hydrogen) atoms. The van der Waals surface area contributed by atoms with E-state index >= 15 is 0 Å². The lowest BCUT2D eigenvalue weighted by Crippen LogP contribution is -2.49. The highest BCUT2D eigenvalue weighted by Gasteiger charge is 2.33. The van der Waals surface area contributed by atoms with Crippen LogP contribution in [0.4, 0.5) is 5.82 Å². The van der Waals surface area contributed by atoms with Crippen LogP contribution in [-0.4, -0.2) is 76.1 Å². The van der Waals surface area contributed by atoms with Gasteiger partial charge in [0.2, 0.25) is 0 Å². The highest BCUT2D eigenvalue weighted by atomic mass is 32.2. The molecular formula is C26H29N5O4S2. The molecule has 1 N–H and O–H groups in total. The Morgan fingerprint density at radius 3 is 2.46 bits per heavy atom. The Hall–Kier alpha value is -3.17. The monoisotopic (exact) mass is 539 g/mol. The molecule has 2 aromatic rings. The number of β-amino-alcohol motifs (C(OH)–C–C–N with tert-alkyl or cyclic N) is 1. The Kier molecular flexibility index (Phi) is 8.34. The standard InChI is InChI=1S/C26H29N5O4S2/c1-17-20(14-22-25(34)31(26(36)37-22)16-18-4-6-19(35-3)7-5-18)23(28(2)24(33)21(17)15-27)30-10-8-29(9-11-30)12-13-32/h4-7,14,32H,8-13,16H2,1-3H3/b22-14-. The number of ether oxygens (including phenoxy) is 1. The normalized spacial score (nSPS) is 17.5. The molecule has 0 spiro atoms. The first-order valence-electron chi connectivity index (χ1n) is 11.9. The van der Waals surface area contributed by atoms with E-state index in [0.717, 1.165) is 24.4 Å². The minimum atomic E-state index is -0.364. The Morgan fingerprint density at radius 1 is 1.19 bits per heavy atom. The van der Waals surface area contributed by atoms with E-state index in [1.165, 1.54) is 16.3 Å². The number of carbonyl (C=O) groups is 1. The predicted octanol–water partition coefficient (Wildman–Crippen LogP) is 2.09. The molecule has 1 aromatic carbocycles. The Labute approximate surface area is 225 Å². The van der Waals surface area contributed by atoms with Crippen molar-refractivity contribution in [2.75, 3.05) is 51.3 Å². The number of thiocarbonyl (C=S) groups is 1. The summed E-state index contributed by atoms with van der Waals surface area (Å²) in [5.41, 5.74) is 1.82. The summed E-state index contributed by atoms with van der Waals surface area (Å²) in [5.74, 6) is 1.19. The molecule has 2 fully saturated rings. The van der Waals surface area contributed by atoms with Gasteiger partial charge in [0.1, 0.15) is 27.5 Å². The smallest absolute Gasteiger partial charge is 0.270 e. The van der Waals surface area contributed by atoms with Crippen LogP contribution in [-0.2, 0) is 18.4 Å². The molecule has 3 heterocycles. The molecule has 0 bridgehead atoms. The van der Waals surface area contributed by atoms with Gasteiger partial charge in [0.05, 0.1) is 25.2 Å². The van der Waals surface area contributed by atoms with Gasteiger partial charge in [-0.1, -0.05) is 36.1 Å². The lowest BCUT2D eigenvalue weighted by molar-refractivity contribution is -0.122. The zero-order valence-corrected chi connectivity index (χ0v) is 22.7. The summed E-state index contributed by atoms with van der Waals surface area (Å²) in [6, 6.07) is 9.51. The van der Waals surface area contributed by atoms with Crippen LogP contribution < -0.4 is 15.2 Å². The number of anilines is 1. The minimum Gasteiger partial charge on any atom is -0.497 e. The molecule has 1 amide bonds. The first-order chi connectivity index (χ1) is 17.8. The van der Waals surface area contributed by atoms with E-state index in [2.05, 4.69) is 9.80 Å². The lowest BCUT2D eigenvalue weighted by atomic mass is 10.0. The second-order valence-electron chi connectivity index (χ2n) is 8.88. The largest absolute Gasteiger partial charge is 0.497 e. The second kappa shape index (κ2) is 11.5. The van der Waals surface area contributed by atoms with Crippen LogP contribution in [0.2, 0.25) is 0 Å². The number of benzene rings is 1. The molecule has 0 atom stereocenters. The fourth-order valence-electron chi connectivity index (χ4n) is 4.60. The number of rotatable bonds is 7. The van der Waals surface area contributed by atoms with Crippen LogP contribution >= 0.6 is 24.0 Å². The van der Waals surface area contributed by atoms with Gasteiger partial charge < -0.3 is 14.7 Å². The number of nitrogens with zero attached hydrogens (tertiary/aromatic N) is 5. The van der Waals surface area contributed by atoms with E-state index in [4.69, 9.17) is 17.0 Å². The van der Waals surface area contributed by atoms with E-state index in [9.17, 15) is 20.0 Å². The molecular weight excluding hydrogens is 510 g/mol. The quantitative estimate of drug-likeness (QED) is 0.419. The number of amides is 1. The highest BCUT2D eigenvalue weighted by Crippen LogP contribution is 2.36. The third kappa shape index (κ3) is 5.43. The molecule has 0 unspecified atom stereocenters. The minimum absolute atomic E-state index is 0.0603. The first-order valence-corrected chi connectivity index (χ1v) is 13.1. The number of thioether (sulfide) groups is 1. The topological polar surface area (TPSA) is 102 Å². The average Bonchev–Trinajstić information content (AvgIpc) is 3.16. The predicted molar refractivity (Wildman–Crippen MR) is 149 cm³/mol. The van der Waals surface area contributed by atoms with E-state index in [1.54, 1.807) is 32.1 Å². The summed E-state index contributed by atoms with van der Waals surface area (Å²) in [6.45, 7) is 5.54. The van der Waals surface area contributed by atoms with E-state index in [0.29, 0.717) is 52.3 Å². The van der Waals surface area contributed by atoms with Crippen molar-refractivity contribution >= 4 is 46.1 Å². The van der Waals surface area contributed by atoms with Crippen molar-refractivity contribution in [2.24, 2.45) is 7.05 Å². The van der Waals surface area contributed by atoms with Crippen molar-refractivity contribution in [3.63, 3.8) is 0 Å². The van der Waals surface area contributed by atoms with Crippen LogP contribution in [0, 0.1) is 18.3 Å². The van der Waals surface area contributed by atoms with Gasteiger partial charge in [0.25, 0.3) is 11.5 Å². The van der Waals surface area contributed by atoms with Crippen molar-refractivity contribution < 1.29 is 14.6 Å². The van der Waals surface area contributed by atoms with Gasteiger partial charge in [-0.25, -0.2) is 0 Å². The Bertz CT molecular complexity index is 1340. The van der Waals surface area contributed by atoms with Gasteiger partial charge in [-0.15, -0.1) is 0 Å². The maximum atomic E-state index is 13.4. The molecule has 194 valence electrons. The fraction of sp³-hybridized carbons (Fsp3) is 0.385. The van der Waals surface area contributed by atoms with Crippen molar-refractivity contribution in [1.29, 1.82) is 5.26 Å². The number of aliphatic hydroxyl groups excluding tert-OH is 1. The molecule has 1 aromatic heterocycles. The molecule has 4 rings (SSSR count). The number of methoxy groups -OCH3 is 1. The molecule has 0 aliphatic carbocycles. The van der Waals surface area contributed by atoms with Crippen LogP contribution in [0.25, 0.3) is 6.08 Å². The van der Waals surface area contributed by atoms with Crippen LogP contribution in [0.3, 0.4) is 0 Å². The SMILES string of the molecule is COc1ccc(CN2C(=O)/C(=C/c3c(C)c(C#N)c(=O)n(C)c3N3CCN(CCO)CC3)SC2=S)cc1.